The molecule has 2 N–H and O–H groups in total. The summed E-state index contributed by atoms with van der Waals surface area (Å²) in [5.41, 5.74) is 3.65. The second kappa shape index (κ2) is 4.18. The van der Waals surface area contributed by atoms with E-state index >= 15 is 0 Å². The Kier molecular flexibility index (Phi) is 2.53. The highest BCUT2D eigenvalue weighted by molar-refractivity contribution is 6.31. The Morgan fingerprint density at radius 1 is 1.29 bits per heavy atom. The summed E-state index contributed by atoms with van der Waals surface area (Å²) in [6.07, 6.45) is 1.66. The average Bonchev–Trinajstić information content (AvgIpc) is 2.77. The Labute approximate surface area is 103 Å². The highest BCUT2D eigenvalue weighted by Gasteiger charge is 2.16. The van der Waals surface area contributed by atoms with Crippen LogP contribution in [0.2, 0.25) is 5.02 Å². The Hall–Kier alpha value is -1.88. The van der Waals surface area contributed by atoms with Gasteiger partial charge >= 0.3 is 0 Å². The molecule has 0 spiro atoms. The van der Waals surface area contributed by atoms with E-state index in [0.717, 1.165) is 29.2 Å². The second-order valence-corrected chi connectivity index (χ2v) is 4.15. The minimum absolute atomic E-state index is 0.688. The molecule has 6 heteroatoms. The highest BCUT2D eigenvalue weighted by Crippen LogP contribution is 2.24. The van der Waals surface area contributed by atoms with E-state index in [2.05, 4.69) is 25.7 Å². The fourth-order valence-electron chi connectivity index (χ4n) is 1.85. The summed E-state index contributed by atoms with van der Waals surface area (Å²) in [6, 6.07) is 5.72. The normalized spacial score (nSPS) is 14.5. The summed E-state index contributed by atoms with van der Waals surface area (Å²) in [7, 11) is 0. The minimum Gasteiger partial charge on any atom is -0.383 e. The van der Waals surface area contributed by atoms with Crippen LogP contribution in [-0.2, 0) is 0 Å². The van der Waals surface area contributed by atoms with Crippen molar-refractivity contribution in [2.45, 2.75) is 0 Å². The van der Waals surface area contributed by atoms with Gasteiger partial charge in [0.15, 0.2) is 0 Å². The Balaban J connectivity index is 2.17. The van der Waals surface area contributed by atoms with E-state index in [1.807, 2.05) is 18.2 Å². The molecule has 0 amide bonds. The number of halogens is 1. The number of hydrogen-bond acceptors (Lipinski definition) is 4. The van der Waals surface area contributed by atoms with Crippen LogP contribution in [0.15, 0.2) is 29.4 Å². The lowest BCUT2D eigenvalue weighted by molar-refractivity contribution is 0.936. The van der Waals surface area contributed by atoms with Crippen LogP contribution < -0.4 is 5.32 Å². The number of rotatable bonds is 1. The molecule has 0 bridgehead atoms. The zero-order chi connectivity index (χ0) is 11.7. The third kappa shape index (κ3) is 1.89. The number of aromatic amines is 1. The lowest BCUT2D eigenvalue weighted by Crippen LogP contribution is -2.05. The van der Waals surface area contributed by atoms with Crippen LogP contribution in [0.25, 0.3) is 0 Å². The van der Waals surface area contributed by atoms with Crippen LogP contribution >= 0.6 is 11.6 Å². The van der Waals surface area contributed by atoms with Gasteiger partial charge in [-0.05, 0) is 18.2 Å². The molecule has 0 fully saturated rings. The lowest BCUT2D eigenvalue weighted by Gasteiger charge is -2.09. The molecule has 1 aliphatic heterocycles. The molecule has 0 unspecified atom stereocenters. The number of hydrogen-bond donors (Lipinski definition) is 2. The number of aliphatic imine (C=N–C) groups is 1. The van der Waals surface area contributed by atoms with Gasteiger partial charge in [-0.2, -0.15) is 0 Å². The topological polar surface area (TPSA) is 66.0 Å². The Bertz CT molecular complexity index is 561. The van der Waals surface area contributed by atoms with Crippen LogP contribution in [-0.4, -0.2) is 34.2 Å². The number of nitrogens with zero attached hydrogens (tertiary/aromatic N) is 3. The maximum absolute atomic E-state index is 6.03. The first-order chi connectivity index (χ1) is 8.34. The second-order valence-electron chi connectivity index (χ2n) is 3.72. The van der Waals surface area contributed by atoms with Crippen molar-refractivity contribution in [3.05, 3.63) is 40.7 Å². The number of nitrogens with one attached hydrogen (secondary N) is 2. The van der Waals surface area contributed by atoms with Crippen LogP contribution in [0.1, 0.15) is 11.3 Å². The summed E-state index contributed by atoms with van der Waals surface area (Å²) < 4.78 is 0. The van der Waals surface area contributed by atoms with Gasteiger partial charge in [0, 0.05) is 22.8 Å². The highest BCUT2D eigenvalue weighted by atomic mass is 35.5. The summed E-state index contributed by atoms with van der Waals surface area (Å²) in [4.78, 5) is 4.53. The average molecular weight is 248 g/mol. The summed E-state index contributed by atoms with van der Waals surface area (Å²) in [6.45, 7) is 1.51. The molecule has 2 heterocycles. The third-order valence-corrected chi connectivity index (χ3v) is 2.84. The quantitative estimate of drug-likeness (QED) is 0.806. The van der Waals surface area contributed by atoms with Crippen molar-refractivity contribution >= 4 is 23.0 Å². The molecule has 0 atom stereocenters. The molecule has 0 radical (unpaired) electrons. The minimum atomic E-state index is 0.688. The van der Waals surface area contributed by atoms with Gasteiger partial charge in [0.05, 0.1) is 18.5 Å². The van der Waals surface area contributed by atoms with Crippen molar-refractivity contribution in [1.29, 1.82) is 0 Å². The van der Waals surface area contributed by atoms with Gasteiger partial charge in [0.25, 0.3) is 0 Å². The van der Waals surface area contributed by atoms with Gasteiger partial charge in [-0.3, -0.25) is 10.1 Å². The van der Waals surface area contributed by atoms with Crippen molar-refractivity contribution in [2.24, 2.45) is 4.99 Å². The number of benzodiazepines with no additional fused rings is 1. The number of anilines is 1. The summed E-state index contributed by atoms with van der Waals surface area (Å²) in [5, 5.41) is 14.3. The van der Waals surface area contributed by atoms with Crippen LogP contribution in [0.5, 0.6) is 0 Å². The van der Waals surface area contributed by atoms with Gasteiger partial charge in [0.1, 0.15) is 5.69 Å². The first-order valence-corrected chi connectivity index (χ1v) is 5.67. The van der Waals surface area contributed by atoms with E-state index < -0.39 is 0 Å². The fraction of sp³-hybridized carbons (Fsp3) is 0.182. The van der Waals surface area contributed by atoms with E-state index in [-0.39, 0.29) is 0 Å². The largest absolute Gasteiger partial charge is 0.383 e. The molecule has 0 aliphatic carbocycles. The van der Waals surface area contributed by atoms with Gasteiger partial charge in [-0.25, -0.2) is 0 Å². The van der Waals surface area contributed by atoms with Crippen LogP contribution in [0.3, 0.4) is 0 Å². The monoisotopic (exact) mass is 247 g/mol. The van der Waals surface area contributed by atoms with Crippen molar-refractivity contribution < 1.29 is 0 Å². The van der Waals surface area contributed by atoms with Crippen molar-refractivity contribution in [3.63, 3.8) is 0 Å². The predicted molar refractivity (Wildman–Crippen MR) is 66.8 cm³/mol. The molecule has 2 aromatic rings. The molecule has 0 saturated carbocycles. The van der Waals surface area contributed by atoms with Crippen molar-refractivity contribution in [2.75, 3.05) is 18.4 Å². The SMILES string of the molecule is Clc1ccc2c(c1)C(c1cnn[nH]1)=NCCN2. The number of benzene rings is 1. The molecule has 1 aromatic heterocycles. The van der Waals surface area contributed by atoms with E-state index in [1.54, 1.807) is 6.20 Å². The number of H-pyrrole nitrogens is 1. The maximum atomic E-state index is 6.03. The number of fused-ring (bicyclic) bond motifs is 1. The first kappa shape index (κ1) is 10.3. The van der Waals surface area contributed by atoms with Crippen LogP contribution in [0.4, 0.5) is 5.69 Å². The molecular weight excluding hydrogens is 238 g/mol. The maximum Gasteiger partial charge on any atom is 0.104 e. The molecule has 3 rings (SSSR count). The number of aromatic nitrogens is 3. The van der Waals surface area contributed by atoms with Crippen molar-refractivity contribution in [1.82, 2.24) is 15.4 Å². The molecule has 1 aromatic carbocycles. The first-order valence-electron chi connectivity index (χ1n) is 5.29. The van der Waals surface area contributed by atoms with E-state index in [9.17, 15) is 0 Å². The molecule has 0 saturated heterocycles. The smallest absolute Gasteiger partial charge is 0.104 e. The Morgan fingerprint density at radius 2 is 2.24 bits per heavy atom. The summed E-state index contributed by atoms with van der Waals surface area (Å²) >= 11 is 6.03. The Morgan fingerprint density at radius 3 is 3.06 bits per heavy atom. The van der Waals surface area contributed by atoms with E-state index in [1.165, 1.54) is 0 Å². The van der Waals surface area contributed by atoms with Gasteiger partial charge < -0.3 is 5.32 Å². The molecule has 86 valence electrons. The molecular formula is C11H10ClN5. The fourth-order valence-corrected chi connectivity index (χ4v) is 2.02. The molecule has 1 aliphatic rings. The van der Waals surface area contributed by atoms with Gasteiger partial charge in [-0.1, -0.05) is 16.8 Å². The lowest BCUT2D eigenvalue weighted by atomic mass is 10.1. The van der Waals surface area contributed by atoms with Crippen molar-refractivity contribution in [3.8, 4) is 0 Å². The standard InChI is InChI=1S/C11H10ClN5/c12-7-1-2-9-8(5-7)11(14-4-3-13-9)10-6-15-17-16-10/h1-2,5-6,13H,3-4H2,(H,15,16,17). The molecule has 5 nitrogen and oxygen atoms in total. The zero-order valence-electron chi connectivity index (χ0n) is 8.94. The summed E-state index contributed by atoms with van der Waals surface area (Å²) in [5.74, 6) is 0. The van der Waals surface area contributed by atoms with E-state index in [0.29, 0.717) is 11.6 Å². The predicted octanol–water partition coefficient (Wildman–Crippen LogP) is 1.72. The third-order valence-electron chi connectivity index (χ3n) is 2.60. The van der Waals surface area contributed by atoms with E-state index in [4.69, 9.17) is 11.6 Å². The molecule has 17 heavy (non-hydrogen) atoms. The van der Waals surface area contributed by atoms with Gasteiger partial charge in [0.2, 0.25) is 0 Å². The van der Waals surface area contributed by atoms with Gasteiger partial charge in [-0.15, -0.1) is 5.10 Å². The zero-order valence-corrected chi connectivity index (χ0v) is 9.70. The van der Waals surface area contributed by atoms with Crippen LogP contribution in [0, 0.1) is 0 Å².